The van der Waals surface area contributed by atoms with E-state index in [4.69, 9.17) is 4.74 Å². The molecule has 1 aromatic rings. The molecule has 0 heterocycles. The number of rotatable bonds is 5. The molecule has 8 heteroatoms. The molecule has 1 aliphatic carbocycles. The van der Waals surface area contributed by atoms with E-state index in [-0.39, 0.29) is 36.5 Å². The van der Waals surface area contributed by atoms with Gasteiger partial charge in [0, 0.05) is 18.3 Å². The highest BCUT2D eigenvalue weighted by Crippen LogP contribution is 2.43. The van der Waals surface area contributed by atoms with Crippen molar-refractivity contribution in [3.8, 4) is 0 Å². The minimum atomic E-state index is -4.88. The number of alkyl halides is 6. The molecule has 2 nitrogen and oxygen atoms in total. The number of hydrogen-bond donors (Lipinski definition) is 0. The molecule has 1 aromatic carbocycles. The smallest absolute Gasteiger partial charge is 0.376 e. The maximum atomic E-state index is 12.9. The van der Waals surface area contributed by atoms with Crippen molar-refractivity contribution < 1.29 is 35.9 Å². The quantitative estimate of drug-likeness (QED) is 0.617. The van der Waals surface area contributed by atoms with Gasteiger partial charge in [0.15, 0.2) is 0 Å². The van der Waals surface area contributed by atoms with Gasteiger partial charge < -0.3 is 4.74 Å². The van der Waals surface area contributed by atoms with Crippen molar-refractivity contribution in [1.29, 1.82) is 0 Å². The summed E-state index contributed by atoms with van der Waals surface area (Å²) < 4.78 is 82.7. The van der Waals surface area contributed by atoms with Gasteiger partial charge in [0.05, 0.1) is 24.3 Å². The van der Waals surface area contributed by atoms with E-state index in [0.29, 0.717) is 31.4 Å². The van der Waals surface area contributed by atoms with E-state index in [9.17, 15) is 31.1 Å². The molecule has 0 spiro atoms. The van der Waals surface area contributed by atoms with Gasteiger partial charge in [-0.25, -0.2) is 0 Å². The van der Waals surface area contributed by atoms with Crippen LogP contribution in [0, 0.1) is 11.3 Å². The molecule has 0 N–H and O–H groups in total. The summed E-state index contributed by atoms with van der Waals surface area (Å²) in [5, 5.41) is 0. The average molecular weight is 382 g/mol. The highest BCUT2D eigenvalue weighted by Gasteiger charge is 2.41. The fraction of sp³-hybridized carbons (Fsp3) is 0.611. The molecule has 1 unspecified atom stereocenters. The van der Waals surface area contributed by atoms with Gasteiger partial charge in [0.1, 0.15) is 5.78 Å². The van der Waals surface area contributed by atoms with Crippen LogP contribution in [0.1, 0.15) is 49.8 Å². The van der Waals surface area contributed by atoms with Crippen molar-refractivity contribution in [1.82, 2.24) is 0 Å². The Kier molecular flexibility index (Phi) is 5.75. The second kappa shape index (κ2) is 7.21. The van der Waals surface area contributed by atoms with E-state index in [1.54, 1.807) is 0 Å². The lowest BCUT2D eigenvalue weighted by molar-refractivity contribution is -0.143. The first-order valence-corrected chi connectivity index (χ1v) is 8.21. The van der Waals surface area contributed by atoms with Gasteiger partial charge in [-0.05, 0) is 36.1 Å². The normalized spacial score (nSPS) is 21.7. The lowest BCUT2D eigenvalue weighted by Gasteiger charge is -2.32. The van der Waals surface area contributed by atoms with E-state index in [2.05, 4.69) is 0 Å². The molecule has 0 aromatic heterocycles. The Bertz CT molecular complexity index is 630. The summed E-state index contributed by atoms with van der Waals surface area (Å²) in [6.45, 7) is 3.59. The third kappa shape index (κ3) is 4.78. The number of carbonyl (C=O) groups is 1. The molecule has 0 bridgehead atoms. The van der Waals surface area contributed by atoms with E-state index in [0.717, 1.165) is 0 Å². The molecule has 1 atom stereocenters. The van der Waals surface area contributed by atoms with Crippen molar-refractivity contribution in [2.24, 2.45) is 11.3 Å². The van der Waals surface area contributed by atoms with Crippen LogP contribution in [0.2, 0.25) is 0 Å². The standard InChI is InChI=1S/C18H20F6O2/c1-11(2)16(4-3-15(25)8-16)10-26-9-12-5-13(17(19,20)21)7-14(6-12)18(22,23)24/h5-7,11H,3-4,8-10H2,1-2H3. The lowest BCUT2D eigenvalue weighted by Crippen LogP contribution is -2.30. The minimum absolute atomic E-state index is 0.0920. The van der Waals surface area contributed by atoms with Crippen LogP contribution in [-0.2, 0) is 28.5 Å². The third-order valence-corrected chi connectivity index (χ3v) is 4.98. The maximum Gasteiger partial charge on any atom is 0.416 e. The molecule has 0 amide bonds. The Morgan fingerprint density at radius 2 is 1.58 bits per heavy atom. The fourth-order valence-corrected chi connectivity index (χ4v) is 3.22. The summed E-state index contributed by atoms with van der Waals surface area (Å²) in [4.78, 5) is 11.6. The Hall–Kier alpha value is -1.57. The van der Waals surface area contributed by atoms with Crippen LogP contribution in [0.3, 0.4) is 0 Å². The van der Waals surface area contributed by atoms with Crippen LogP contribution in [-0.4, -0.2) is 12.4 Å². The monoisotopic (exact) mass is 382 g/mol. The molecule has 146 valence electrons. The second-order valence-corrected chi connectivity index (χ2v) is 7.14. The first kappa shape index (κ1) is 20.7. The molecule has 0 saturated heterocycles. The number of carbonyl (C=O) groups excluding carboxylic acids is 1. The largest absolute Gasteiger partial charge is 0.416 e. The van der Waals surface area contributed by atoms with Crippen molar-refractivity contribution in [2.75, 3.05) is 6.61 Å². The van der Waals surface area contributed by atoms with E-state index < -0.39 is 28.9 Å². The Morgan fingerprint density at radius 3 is 1.96 bits per heavy atom. The van der Waals surface area contributed by atoms with Crippen molar-refractivity contribution >= 4 is 5.78 Å². The number of halogens is 6. The molecule has 1 fully saturated rings. The van der Waals surface area contributed by atoms with Crippen LogP contribution in [0.4, 0.5) is 26.3 Å². The van der Waals surface area contributed by atoms with Crippen LogP contribution >= 0.6 is 0 Å². The van der Waals surface area contributed by atoms with Crippen molar-refractivity contribution in [3.05, 3.63) is 34.9 Å². The summed E-state index contributed by atoms with van der Waals surface area (Å²) in [6.07, 6.45) is -8.41. The van der Waals surface area contributed by atoms with E-state index in [1.165, 1.54) is 0 Å². The SMILES string of the molecule is CC(C)C1(COCc2cc(C(F)(F)F)cc(C(F)(F)F)c2)CCC(=O)C1. The Balaban J connectivity index is 2.17. The molecule has 1 saturated carbocycles. The van der Waals surface area contributed by atoms with Gasteiger partial charge >= 0.3 is 12.4 Å². The molecule has 2 rings (SSSR count). The predicted molar refractivity (Wildman–Crippen MR) is 82.2 cm³/mol. The number of hydrogen-bond acceptors (Lipinski definition) is 2. The first-order valence-electron chi connectivity index (χ1n) is 8.21. The Labute approximate surface area is 147 Å². The van der Waals surface area contributed by atoms with Gasteiger partial charge in [-0.1, -0.05) is 13.8 Å². The highest BCUT2D eigenvalue weighted by molar-refractivity contribution is 5.81. The summed E-state index contributed by atoms with van der Waals surface area (Å²) in [5.41, 5.74) is -3.33. The third-order valence-electron chi connectivity index (χ3n) is 4.98. The number of ketones is 1. The average Bonchev–Trinajstić information content (AvgIpc) is 2.88. The van der Waals surface area contributed by atoms with Crippen LogP contribution in [0.15, 0.2) is 18.2 Å². The zero-order chi connectivity index (χ0) is 19.8. The van der Waals surface area contributed by atoms with Gasteiger partial charge in [-0.3, -0.25) is 4.79 Å². The first-order chi connectivity index (χ1) is 11.8. The van der Waals surface area contributed by atoms with Crippen LogP contribution in [0.5, 0.6) is 0 Å². The van der Waals surface area contributed by atoms with Crippen LogP contribution in [0.25, 0.3) is 0 Å². The van der Waals surface area contributed by atoms with Gasteiger partial charge in [0.25, 0.3) is 0 Å². The summed E-state index contributed by atoms with van der Waals surface area (Å²) >= 11 is 0. The lowest BCUT2D eigenvalue weighted by atomic mass is 9.76. The molecule has 0 aliphatic heterocycles. The molecular formula is C18H20F6O2. The highest BCUT2D eigenvalue weighted by atomic mass is 19.4. The van der Waals surface area contributed by atoms with E-state index >= 15 is 0 Å². The molecule has 26 heavy (non-hydrogen) atoms. The zero-order valence-corrected chi connectivity index (χ0v) is 14.4. The molecule has 1 aliphatic rings. The molecule has 0 radical (unpaired) electrons. The minimum Gasteiger partial charge on any atom is -0.376 e. The Morgan fingerprint density at radius 1 is 1.04 bits per heavy atom. The van der Waals surface area contributed by atoms with Gasteiger partial charge in [0.2, 0.25) is 0 Å². The van der Waals surface area contributed by atoms with E-state index in [1.807, 2.05) is 13.8 Å². The molecular weight excluding hydrogens is 362 g/mol. The van der Waals surface area contributed by atoms with Crippen molar-refractivity contribution in [3.63, 3.8) is 0 Å². The van der Waals surface area contributed by atoms with Gasteiger partial charge in [-0.15, -0.1) is 0 Å². The number of Topliss-reactive ketones (excluding diaryl/α,β-unsaturated/α-hetero) is 1. The fourth-order valence-electron chi connectivity index (χ4n) is 3.22. The summed E-state index contributed by atoms with van der Waals surface area (Å²) in [5.74, 6) is 0.210. The second-order valence-electron chi connectivity index (χ2n) is 7.14. The van der Waals surface area contributed by atoms with Crippen molar-refractivity contribution in [2.45, 2.75) is 52.1 Å². The summed E-state index contributed by atoms with van der Waals surface area (Å²) in [7, 11) is 0. The number of benzene rings is 1. The maximum absolute atomic E-state index is 12.9. The predicted octanol–water partition coefficient (Wildman–Crippen LogP) is 5.64. The van der Waals surface area contributed by atoms with Gasteiger partial charge in [-0.2, -0.15) is 26.3 Å². The number of ether oxygens (including phenoxy) is 1. The van der Waals surface area contributed by atoms with Crippen LogP contribution < -0.4 is 0 Å². The zero-order valence-electron chi connectivity index (χ0n) is 14.4. The summed E-state index contributed by atoms with van der Waals surface area (Å²) in [6, 6.07) is 1.42. The topological polar surface area (TPSA) is 26.3 Å².